The first-order valence-electron chi connectivity index (χ1n) is 6.87. The molecule has 1 heterocycles. The van der Waals surface area contributed by atoms with E-state index >= 15 is 0 Å². The lowest BCUT2D eigenvalue weighted by atomic mass is 9.98. The minimum absolute atomic E-state index is 0.212. The highest BCUT2D eigenvalue weighted by molar-refractivity contribution is 5.80. The summed E-state index contributed by atoms with van der Waals surface area (Å²) in [5.41, 5.74) is 0. The molecule has 1 saturated heterocycles. The van der Waals surface area contributed by atoms with Crippen molar-refractivity contribution in [1.82, 2.24) is 15.1 Å². The molecule has 0 unspecified atom stereocenters. The molecular formula is C13H27N3O2. The normalized spacial score (nSPS) is 16.6. The molecule has 0 aromatic heterocycles. The van der Waals surface area contributed by atoms with Crippen LogP contribution in [0.5, 0.6) is 0 Å². The van der Waals surface area contributed by atoms with E-state index in [2.05, 4.69) is 17.1 Å². The largest absolute Gasteiger partial charge is 0.385 e. The fourth-order valence-electron chi connectivity index (χ4n) is 2.22. The lowest BCUT2D eigenvalue weighted by Gasteiger charge is -2.40. The zero-order valence-corrected chi connectivity index (χ0v) is 11.9. The highest BCUT2D eigenvalue weighted by Gasteiger charge is 2.33. The van der Waals surface area contributed by atoms with Gasteiger partial charge >= 0.3 is 0 Å². The van der Waals surface area contributed by atoms with E-state index in [0.29, 0.717) is 5.91 Å². The second kappa shape index (κ2) is 8.45. The Morgan fingerprint density at radius 2 is 2.17 bits per heavy atom. The van der Waals surface area contributed by atoms with Crippen LogP contribution in [-0.2, 0) is 9.53 Å². The fraction of sp³-hybridized carbons (Fsp3) is 0.923. The maximum absolute atomic E-state index is 12.3. The molecule has 0 aromatic carbocycles. The first-order chi connectivity index (χ1) is 8.72. The Morgan fingerprint density at radius 1 is 1.44 bits per heavy atom. The van der Waals surface area contributed by atoms with Gasteiger partial charge in [-0.05, 0) is 20.0 Å². The van der Waals surface area contributed by atoms with Crippen molar-refractivity contribution in [2.24, 2.45) is 5.92 Å². The Kier molecular flexibility index (Phi) is 7.23. The summed E-state index contributed by atoms with van der Waals surface area (Å²) in [6.07, 6.45) is 0.913. The Hall–Kier alpha value is -0.650. The molecule has 1 rings (SSSR count). The molecule has 18 heavy (non-hydrogen) atoms. The predicted octanol–water partition coefficient (Wildman–Crippen LogP) is 0.0226. The van der Waals surface area contributed by atoms with Crippen molar-refractivity contribution < 1.29 is 9.53 Å². The van der Waals surface area contributed by atoms with Crippen LogP contribution < -0.4 is 5.32 Å². The minimum Gasteiger partial charge on any atom is -0.385 e. The van der Waals surface area contributed by atoms with Crippen LogP contribution in [0.2, 0.25) is 0 Å². The zero-order chi connectivity index (χ0) is 13.4. The molecule has 0 spiro atoms. The predicted molar refractivity (Wildman–Crippen MR) is 72.6 cm³/mol. The van der Waals surface area contributed by atoms with Crippen LogP contribution in [0.1, 0.15) is 13.3 Å². The number of likely N-dealkylation sites (tertiary alicyclic amines) is 1. The molecule has 0 aliphatic carbocycles. The Balaban J connectivity index is 2.35. The molecule has 1 fully saturated rings. The van der Waals surface area contributed by atoms with E-state index in [-0.39, 0.29) is 5.92 Å². The molecule has 0 aromatic rings. The van der Waals surface area contributed by atoms with Gasteiger partial charge in [0.1, 0.15) is 0 Å². The number of hydrogen-bond acceptors (Lipinski definition) is 4. The SMILES string of the molecule is CCN1CC(C(=O)N(CCCOC)CCNC)C1. The quantitative estimate of drug-likeness (QED) is 0.592. The van der Waals surface area contributed by atoms with Gasteiger partial charge in [-0.25, -0.2) is 0 Å². The van der Waals surface area contributed by atoms with Gasteiger partial charge in [0.25, 0.3) is 0 Å². The smallest absolute Gasteiger partial charge is 0.228 e. The van der Waals surface area contributed by atoms with Crippen LogP contribution >= 0.6 is 0 Å². The van der Waals surface area contributed by atoms with Crippen molar-refractivity contribution in [3.05, 3.63) is 0 Å². The number of amides is 1. The van der Waals surface area contributed by atoms with Crippen molar-refractivity contribution in [3.63, 3.8) is 0 Å². The second-order valence-electron chi connectivity index (χ2n) is 4.82. The van der Waals surface area contributed by atoms with Gasteiger partial charge < -0.3 is 19.9 Å². The highest BCUT2D eigenvalue weighted by atomic mass is 16.5. The van der Waals surface area contributed by atoms with Gasteiger partial charge in [0.2, 0.25) is 5.91 Å². The monoisotopic (exact) mass is 257 g/mol. The standard InChI is InChI=1S/C13H27N3O2/c1-4-15-10-12(11-15)13(17)16(8-6-14-2)7-5-9-18-3/h12,14H,4-11H2,1-3H3. The molecule has 106 valence electrons. The summed E-state index contributed by atoms with van der Waals surface area (Å²) >= 11 is 0. The number of carbonyl (C=O) groups excluding carboxylic acids is 1. The third-order valence-corrected chi connectivity index (χ3v) is 3.47. The molecule has 0 radical (unpaired) electrons. The van der Waals surface area contributed by atoms with Crippen LogP contribution in [0.4, 0.5) is 0 Å². The number of hydrogen-bond donors (Lipinski definition) is 1. The van der Waals surface area contributed by atoms with Crippen LogP contribution in [0, 0.1) is 5.92 Å². The Bertz CT molecular complexity index is 242. The third-order valence-electron chi connectivity index (χ3n) is 3.47. The van der Waals surface area contributed by atoms with Gasteiger partial charge in [-0.1, -0.05) is 6.92 Å². The molecule has 0 saturated carbocycles. The molecule has 1 amide bonds. The Morgan fingerprint density at radius 3 is 2.72 bits per heavy atom. The summed E-state index contributed by atoms with van der Waals surface area (Å²) in [6.45, 7) is 8.20. The van der Waals surface area contributed by atoms with Gasteiger partial charge in [0.15, 0.2) is 0 Å². The lowest BCUT2D eigenvalue weighted by Crippen LogP contribution is -2.55. The molecule has 0 bridgehead atoms. The number of ether oxygens (including phenoxy) is 1. The first kappa shape index (κ1) is 15.4. The minimum atomic E-state index is 0.212. The topological polar surface area (TPSA) is 44.8 Å². The average molecular weight is 257 g/mol. The average Bonchev–Trinajstić information content (AvgIpc) is 2.32. The number of methoxy groups -OCH3 is 1. The van der Waals surface area contributed by atoms with Gasteiger partial charge in [-0.2, -0.15) is 0 Å². The Labute approximate surface area is 110 Å². The van der Waals surface area contributed by atoms with Crippen molar-refractivity contribution in [1.29, 1.82) is 0 Å². The maximum atomic E-state index is 12.3. The van der Waals surface area contributed by atoms with E-state index in [4.69, 9.17) is 4.74 Å². The second-order valence-corrected chi connectivity index (χ2v) is 4.82. The molecule has 1 aliphatic heterocycles. The van der Waals surface area contributed by atoms with Crippen molar-refractivity contribution >= 4 is 5.91 Å². The lowest BCUT2D eigenvalue weighted by molar-refractivity contribution is -0.141. The molecule has 1 aliphatic rings. The van der Waals surface area contributed by atoms with Crippen molar-refractivity contribution in [2.45, 2.75) is 13.3 Å². The number of likely N-dealkylation sites (N-methyl/N-ethyl adjacent to an activating group) is 1. The van der Waals surface area contributed by atoms with Gasteiger partial charge in [0, 0.05) is 46.4 Å². The summed E-state index contributed by atoms with van der Waals surface area (Å²) in [6, 6.07) is 0. The van der Waals surface area contributed by atoms with Crippen molar-refractivity contribution in [3.8, 4) is 0 Å². The van der Waals surface area contributed by atoms with E-state index in [1.807, 2.05) is 11.9 Å². The van der Waals surface area contributed by atoms with Crippen LogP contribution in [0.25, 0.3) is 0 Å². The summed E-state index contributed by atoms with van der Waals surface area (Å²) < 4.78 is 5.05. The van der Waals surface area contributed by atoms with Crippen molar-refractivity contribution in [2.75, 3.05) is 60.0 Å². The fourth-order valence-corrected chi connectivity index (χ4v) is 2.22. The van der Waals surface area contributed by atoms with Gasteiger partial charge in [0.05, 0.1) is 5.92 Å². The number of rotatable bonds is 9. The van der Waals surface area contributed by atoms with E-state index < -0.39 is 0 Å². The van der Waals surface area contributed by atoms with Gasteiger partial charge in [-0.3, -0.25) is 4.79 Å². The summed E-state index contributed by atoms with van der Waals surface area (Å²) in [7, 11) is 3.62. The van der Waals surface area contributed by atoms with Crippen LogP contribution in [0.15, 0.2) is 0 Å². The summed E-state index contributed by atoms with van der Waals surface area (Å²) in [5, 5.41) is 3.10. The van der Waals surface area contributed by atoms with E-state index in [1.54, 1.807) is 7.11 Å². The van der Waals surface area contributed by atoms with Gasteiger partial charge in [-0.15, -0.1) is 0 Å². The number of carbonyl (C=O) groups is 1. The summed E-state index contributed by atoms with van der Waals surface area (Å²) in [5.74, 6) is 0.524. The molecule has 5 nitrogen and oxygen atoms in total. The number of nitrogens with zero attached hydrogens (tertiary/aromatic N) is 2. The molecule has 1 N–H and O–H groups in total. The van der Waals surface area contributed by atoms with Crippen LogP contribution in [-0.4, -0.2) is 75.7 Å². The van der Waals surface area contributed by atoms with E-state index in [9.17, 15) is 4.79 Å². The molecular weight excluding hydrogens is 230 g/mol. The first-order valence-corrected chi connectivity index (χ1v) is 6.87. The summed E-state index contributed by atoms with van der Waals surface area (Å²) in [4.78, 5) is 16.6. The number of nitrogens with one attached hydrogen (secondary N) is 1. The van der Waals surface area contributed by atoms with Crippen LogP contribution in [0.3, 0.4) is 0 Å². The maximum Gasteiger partial charge on any atom is 0.228 e. The molecule has 5 heteroatoms. The van der Waals surface area contributed by atoms with E-state index in [0.717, 1.165) is 52.3 Å². The molecule has 0 atom stereocenters. The highest BCUT2D eigenvalue weighted by Crippen LogP contribution is 2.17. The van der Waals surface area contributed by atoms with E-state index in [1.165, 1.54) is 0 Å². The third kappa shape index (κ3) is 4.55. The zero-order valence-electron chi connectivity index (χ0n) is 11.9.